The fourth-order valence-electron chi connectivity index (χ4n) is 3.78. The largest absolute Gasteiger partial charge is 0.503 e. The van der Waals surface area contributed by atoms with Gasteiger partial charge in [-0.1, -0.05) is 36.4 Å². The molecule has 1 aromatic carbocycles. The van der Waals surface area contributed by atoms with Crippen LogP contribution in [0.25, 0.3) is 6.08 Å². The number of carbonyl (C=O) groups is 2. The molecule has 0 spiro atoms. The molecule has 0 saturated carbocycles. The molecule has 2 aliphatic heterocycles. The number of furan rings is 1. The van der Waals surface area contributed by atoms with Crippen LogP contribution < -0.4 is 0 Å². The Hall–Kier alpha value is -3.16. The Morgan fingerprint density at radius 3 is 2.57 bits per heavy atom. The number of aliphatic hydroxyl groups is 1. The molecule has 7 nitrogen and oxygen atoms in total. The minimum absolute atomic E-state index is 0.0455. The van der Waals surface area contributed by atoms with Crippen molar-refractivity contribution in [1.29, 1.82) is 0 Å². The van der Waals surface area contributed by atoms with Crippen LogP contribution in [0.15, 0.2) is 70.6 Å². The molecule has 0 radical (unpaired) electrons. The van der Waals surface area contributed by atoms with E-state index in [4.69, 9.17) is 9.15 Å². The van der Waals surface area contributed by atoms with E-state index in [0.717, 1.165) is 18.7 Å². The van der Waals surface area contributed by atoms with Crippen molar-refractivity contribution in [2.75, 3.05) is 39.4 Å². The van der Waals surface area contributed by atoms with Gasteiger partial charge in [0.15, 0.2) is 11.5 Å². The Balaban J connectivity index is 1.57. The normalized spacial score (nSPS) is 20.5. The van der Waals surface area contributed by atoms with Gasteiger partial charge in [-0.05, 0) is 23.8 Å². The molecular weight excluding hydrogens is 384 g/mol. The fourth-order valence-corrected chi connectivity index (χ4v) is 3.78. The zero-order chi connectivity index (χ0) is 20.9. The number of amides is 1. The molecule has 3 heterocycles. The Morgan fingerprint density at radius 2 is 1.87 bits per heavy atom. The number of aliphatic hydroxyl groups excluding tert-OH is 1. The predicted molar refractivity (Wildman–Crippen MR) is 111 cm³/mol. The Labute approximate surface area is 174 Å². The molecule has 30 heavy (non-hydrogen) atoms. The summed E-state index contributed by atoms with van der Waals surface area (Å²) in [5.74, 6) is -1.03. The van der Waals surface area contributed by atoms with Crippen molar-refractivity contribution in [1.82, 2.24) is 9.80 Å². The second-order valence-electron chi connectivity index (χ2n) is 7.24. The summed E-state index contributed by atoms with van der Waals surface area (Å²) in [6.07, 6.45) is 4.55. The number of ketones is 1. The van der Waals surface area contributed by atoms with E-state index in [1.165, 1.54) is 17.2 Å². The Bertz CT molecular complexity index is 943. The SMILES string of the molecule is O=C(/C=C/c1ccccc1)C1=C(O)C(=O)N(CCN2CCOCC2)C1c1ccco1. The third-order valence-corrected chi connectivity index (χ3v) is 5.37. The maximum Gasteiger partial charge on any atom is 0.290 e. The number of benzene rings is 1. The van der Waals surface area contributed by atoms with Crippen LogP contribution in [-0.2, 0) is 14.3 Å². The summed E-state index contributed by atoms with van der Waals surface area (Å²) in [6.45, 7) is 3.89. The molecule has 1 unspecified atom stereocenters. The van der Waals surface area contributed by atoms with Gasteiger partial charge < -0.3 is 19.2 Å². The van der Waals surface area contributed by atoms with Crippen molar-refractivity contribution in [2.24, 2.45) is 0 Å². The van der Waals surface area contributed by atoms with E-state index in [9.17, 15) is 14.7 Å². The topological polar surface area (TPSA) is 83.2 Å². The number of hydrogen-bond acceptors (Lipinski definition) is 6. The Kier molecular flexibility index (Phi) is 6.11. The summed E-state index contributed by atoms with van der Waals surface area (Å²) in [5.41, 5.74) is 0.901. The number of allylic oxidation sites excluding steroid dienone is 1. The molecule has 1 N–H and O–H groups in total. The van der Waals surface area contributed by atoms with Crippen LogP contribution in [0.1, 0.15) is 17.4 Å². The van der Waals surface area contributed by atoms with E-state index >= 15 is 0 Å². The van der Waals surface area contributed by atoms with Crippen LogP contribution in [-0.4, -0.2) is 66.0 Å². The van der Waals surface area contributed by atoms with Crippen LogP contribution in [0.5, 0.6) is 0 Å². The van der Waals surface area contributed by atoms with Crippen LogP contribution >= 0.6 is 0 Å². The zero-order valence-electron chi connectivity index (χ0n) is 16.6. The average Bonchev–Trinajstić information content (AvgIpc) is 3.39. The van der Waals surface area contributed by atoms with Crippen LogP contribution in [0.2, 0.25) is 0 Å². The van der Waals surface area contributed by atoms with Gasteiger partial charge in [0.05, 0.1) is 25.1 Å². The summed E-state index contributed by atoms with van der Waals surface area (Å²) in [6, 6.07) is 12.1. The summed E-state index contributed by atoms with van der Waals surface area (Å²) in [4.78, 5) is 29.5. The third-order valence-electron chi connectivity index (χ3n) is 5.37. The highest BCUT2D eigenvalue weighted by molar-refractivity contribution is 6.14. The molecule has 1 aromatic heterocycles. The lowest BCUT2D eigenvalue weighted by Gasteiger charge is -2.30. The highest BCUT2D eigenvalue weighted by atomic mass is 16.5. The van der Waals surface area contributed by atoms with Crippen molar-refractivity contribution in [3.63, 3.8) is 0 Å². The van der Waals surface area contributed by atoms with E-state index in [-0.39, 0.29) is 5.57 Å². The Morgan fingerprint density at radius 1 is 1.10 bits per heavy atom. The highest BCUT2D eigenvalue weighted by Crippen LogP contribution is 2.38. The minimum atomic E-state index is -0.749. The number of ether oxygens (including phenoxy) is 1. The molecule has 4 rings (SSSR count). The quantitative estimate of drug-likeness (QED) is 0.709. The number of nitrogens with zero attached hydrogens (tertiary/aromatic N) is 2. The molecule has 2 aromatic rings. The van der Waals surface area contributed by atoms with E-state index in [1.807, 2.05) is 30.3 Å². The molecule has 1 fully saturated rings. The molecule has 0 aliphatic carbocycles. The first-order valence-electron chi connectivity index (χ1n) is 10.00. The van der Waals surface area contributed by atoms with Gasteiger partial charge in [0.25, 0.3) is 5.91 Å². The lowest BCUT2D eigenvalue weighted by Crippen LogP contribution is -2.43. The molecule has 7 heteroatoms. The summed E-state index contributed by atoms with van der Waals surface area (Å²) < 4.78 is 10.9. The molecule has 2 aliphatic rings. The number of rotatable bonds is 7. The van der Waals surface area contributed by atoms with Gasteiger partial charge >= 0.3 is 0 Å². The number of hydrogen-bond donors (Lipinski definition) is 1. The second kappa shape index (κ2) is 9.11. The first-order chi connectivity index (χ1) is 14.6. The van der Waals surface area contributed by atoms with Gasteiger partial charge in [-0.2, -0.15) is 0 Å². The number of morpholine rings is 1. The van der Waals surface area contributed by atoms with Crippen LogP contribution in [0.3, 0.4) is 0 Å². The van der Waals surface area contributed by atoms with Crippen molar-refractivity contribution in [3.05, 3.63) is 77.5 Å². The number of carbonyl (C=O) groups excluding carboxylic acids is 2. The van der Waals surface area contributed by atoms with Gasteiger partial charge in [-0.15, -0.1) is 0 Å². The first kappa shape index (κ1) is 20.1. The summed E-state index contributed by atoms with van der Waals surface area (Å²) >= 11 is 0. The standard InChI is InChI=1S/C23H24N2O5/c26-18(9-8-17-5-2-1-3-6-17)20-21(19-7-4-14-30-19)25(23(28)22(20)27)11-10-24-12-15-29-16-13-24/h1-9,14,21,27H,10-13,15-16H2/b9-8+. The van der Waals surface area contributed by atoms with Crippen molar-refractivity contribution in [3.8, 4) is 0 Å². The molecular formula is C23H24N2O5. The van der Waals surface area contributed by atoms with Gasteiger partial charge in [0, 0.05) is 26.2 Å². The zero-order valence-corrected chi connectivity index (χ0v) is 16.6. The molecule has 1 atom stereocenters. The molecule has 1 amide bonds. The monoisotopic (exact) mass is 408 g/mol. The van der Waals surface area contributed by atoms with Gasteiger partial charge in [0.1, 0.15) is 11.8 Å². The van der Waals surface area contributed by atoms with Crippen molar-refractivity contribution in [2.45, 2.75) is 6.04 Å². The fraction of sp³-hybridized carbons (Fsp3) is 0.304. The first-order valence-corrected chi connectivity index (χ1v) is 10.00. The van der Waals surface area contributed by atoms with Gasteiger partial charge in [0.2, 0.25) is 0 Å². The lowest BCUT2D eigenvalue weighted by atomic mass is 10.0. The highest BCUT2D eigenvalue weighted by Gasteiger charge is 2.44. The molecule has 156 valence electrons. The predicted octanol–water partition coefficient (Wildman–Crippen LogP) is 2.59. The average molecular weight is 408 g/mol. The van der Waals surface area contributed by atoms with Crippen molar-refractivity contribution >= 4 is 17.8 Å². The van der Waals surface area contributed by atoms with Gasteiger partial charge in [-0.3, -0.25) is 14.5 Å². The summed E-state index contributed by atoms with van der Waals surface area (Å²) in [5, 5.41) is 10.6. The second-order valence-corrected chi connectivity index (χ2v) is 7.24. The van der Waals surface area contributed by atoms with Crippen LogP contribution in [0, 0.1) is 0 Å². The van der Waals surface area contributed by atoms with E-state index in [0.29, 0.717) is 32.1 Å². The van der Waals surface area contributed by atoms with Crippen LogP contribution in [0.4, 0.5) is 0 Å². The van der Waals surface area contributed by atoms with E-state index in [2.05, 4.69) is 4.90 Å². The third kappa shape index (κ3) is 4.22. The molecule has 1 saturated heterocycles. The van der Waals surface area contributed by atoms with Crippen molar-refractivity contribution < 1.29 is 23.8 Å². The minimum Gasteiger partial charge on any atom is -0.503 e. The maximum absolute atomic E-state index is 13.0. The van der Waals surface area contributed by atoms with Gasteiger partial charge in [-0.25, -0.2) is 0 Å². The van der Waals surface area contributed by atoms with E-state index in [1.54, 1.807) is 18.2 Å². The lowest BCUT2D eigenvalue weighted by molar-refractivity contribution is -0.130. The molecule has 0 bridgehead atoms. The summed E-state index contributed by atoms with van der Waals surface area (Å²) in [7, 11) is 0. The maximum atomic E-state index is 13.0. The smallest absolute Gasteiger partial charge is 0.290 e. The van der Waals surface area contributed by atoms with E-state index < -0.39 is 23.5 Å².